The number of amides is 2. The van der Waals surface area contributed by atoms with Crippen molar-refractivity contribution < 1.29 is 27.9 Å². The van der Waals surface area contributed by atoms with Gasteiger partial charge in [-0.25, -0.2) is 9.18 Å². The van der Waals surface area contributed by atoms with Crippen LogP contribution in [0.15, 0.2) is 34.7 Å². The van der Waals surface area contributed by atoms with Crippen molar-refractivity contribution in [2.75, 3.05) is 14.2 Å². The summed E-state index contributed by atoms with van der Waals surface area (Å²) in [7, 11) is 2.83. The third-order valence-electron chi connectivity index (χ3n) is 4.48. The highest BCUT2D eigenvalue weighted by Crippen LogP contribution is 2.18. The van der Waals surface area contributed by atoms with Crippen LogP contribution in [0.25, 0.3) is 0 Å². The van der Waals surface area contributed by atoms with Gasteiger partial charge in [-0.15, -0.1) is 0 Å². The van der Waals surface area contributed by atoms with E-state index in [9.17, 15) is 18.8 Å². The standard InChI is InChI=1S/C21H25FN2O5/c1-12(2)18(23-19(25)15-8-6-7-9-17(15)22)20(26)24(4)11-14-10-16(13(3)29-14)21(27)28-5/h6-10,12,18H,11H2,1-5H3,(H,23,25)/t18-/m0/s1. The van der Waals surface area contributed by atoms with E-state index < -0.39 is 23.7 Å². The second kappa shape index (κ2) is 9.36. The molecular weight excluding hydrogens is 379 g/mol. The number of carbonyl (C=O) groups excluding carboxylic acids is 3. The number of hydrogen-bond acceptors (Lipinski definition) is 5. The fourth-order valence-corrected chi connectivity index (χ4v) is 2.86. The van der Waals surface area contributed by atoms with E-state index in [1.54, 1.807) is 33.9 Å². The molecular formula is C21H25FN2O5. The van der Waals surface area contributed by atoms with Gasteiger partial charge in [-0.2, -0.15) is 0 Å². The lowest BCUT2D eigenvalue weighted by Gasteiger charge is -2.26. The molecule has 7 nitrogen and oxygen atoms in total. The first-order valence-corrected chi connectivity index (χ1v) is 9.13. The van der Waals surface area contributed by atoms with E-state index in [1.807, 2.05) is 0 Å². The van der Waals surface area contributed by atoms with Crippen molar-refractivity contribution in [1.29, 1.82) is 0 Å². The Balaban J connectivity index is 2.13. The van der Waals surface area contributed by atoms with Crippen molar-refractivity contribution in [3.8, 4) is 0 Å². The zero-order valence-electron chi connectivity index (χ0n) is 17.1. The lowest BCUT2D eigenvalue weighted by molar-refractivity contribution is -0.133. The molecule has 1 atom stereocenters. The number of benzene rings is 1. The summed E-state index contributed by atoms with van der Waals surface area (Å²) in [4.78, 5) is 38.4. The molecule has 0 fully saturated rings. The van der Waals surface area contributed by atoms with Gasteiger partial charge in [-0.1, -0.05) is 26.0 Å². The minimum Gasteiger partial charge on any atom is -0.465 e. The van der Waals surface area contributed by atoms with Gasteiger partial charge in [0.25, 0.3) is 5.91 Å². The van der Waals surface area contributed by atoms with Crippen molar-refractivity contribution in [2.24, 2.45) is 5.92 Å². The molecule has 0 spiro atoms. The van der Waals surface area contributed by atoms with Crippen LogP contribution in [0.2, 0.25) is 0 Å². The van der Waals surface area contributed by atoms with Gasteiger partial charge in [0.2, 0.25) is 5.91 Å². The maximum atomic E-state index is 13.9. The third kappa shape index (κ3) is 5.22. The molecule has 0 saturated heterocycles. The van der Waals surface area contributed by atoms with Gasteiger partial charge in [0.05, 0.1) is 19.2 Å². The molecule has 0 radical (unpaired) electrons. The Morgan fingerprint density at radius 1 is 1.21 bits per heavy atom. The number of likely N-dealkylation sites (N-methyl/N-ethyl adjacent to an activating group) is 1. The van der Waals surface area contributed by atoms with Crippen LogP contribution in [-0.2, 0) is 16.1 Å². The fraction of sp³-hybridized carbons (Fsp3) is 0.381. The van der Waals surface area contributed by atoms with Crippen LogP contribution in [0.5, 0.6) is 0 Å². The highest BCUT2D eigenvalue weighted by Gasteiger charge is 2.29. The normalized spacial score (nSPS) is 11.8. The Morgan fingerprint density at radius 3 is 2.45 bits per heavy atom. The number of methoxy groups -OCH3 is 1. The number of esters is 1. The zero-order valence-corrected chi connectivity index (χ0v) is 17.1. The number of nitrogens with one attached hydrogen (secondary N) is 1. The van der Waals surface area contributed by atoms with E-state index >= 15 is 0 Å². The highest BCUT2D eigenvalue weighted by molar-refractivity contribution is 5.97. The van der Waals surface area contributed by atoms with E-state index in [-0.39, 0.29) is 29.5 Å². The molecule has 1 heterocycles. The minimum atomic E-state index is -0.858. The highest BCUT2D eigenvalue weighted by atomic mass is 19.1. The lowest BCUT2D eigenvalue weighted by Crippen LogP contribution is -2.50. The second-order valence-corrected chi connectivity index (χ2v) is 7.04. The predicted octanol–water partition coefficient (Wildman–Crippen LogP) is 2.93. The molecule has 0 aliphatic heterocycles. The molecule has 1 N–H and O–H groups in total. The van der Waals surface area contributed by atoms with Crippen LogP contribution < -0.4 is 5.32 Å². The van der Waals surface area contributed by atoms with Gasteiger partial charge in [-0.05, 0) is 31.0 Å². The number of carbonyl (C=O) groups is 3. The number of hydrogen-bond donors (Lipinski definition) is 1. The summed E-state index contributed by atoms with van der Waals surface area (Å²) in [5, 5.41) is 2.61. The van der Waals surface area contributed by atoms with Gasteiger partial charge in [0.1, 0.15) is 28.9 Å². The maximum Gasteiger partial charge on any atom is 0.341 e. The van der Waals surface area contributed by atoms with E-state index in [0.717, 1.165) is 0 Å². The Labute approximate surface area is 168 Å². The molecule has 0 bridgehead atoms. The molecule has 29 heavy (non-hydrogen) atoms. The summed E-state index contributed by atoms with van der Waals surface area (Å²) in [6.07, 6.45) is 0. The van der Waals surface area contributed by atoms with Crippen LogP contribution >= 0.6 is 0 Å². The summed E-state index contributed by atoms with van der Waals surface area (Å²) >= 11 is 0. The van der Waals surface area contributed by atoms with Crippen LogP contribution in [-0.4, -0.2) is 42.9 Å². The minimum absolute atomic E-state index is 0.0927. The first-order valence-electron chi connectivity index (χ1n) is 9.13. The third-order valence-corrected chi connectivity index (χ3v) is 4.48. The Kier molecular flexibility index (Phi) is 7.14. The molecule has 0 aliphatic carbocycles. The van der Waals surface area contributed by atoms with Crippen LogP contribution in [0.1, 0.15) is 46.1 Å². The largest absolute Gasteiger partial charge is 0.465 e. The van der Waals surface area contributed by atoms with Crippen molar-refractivity contribution >= 4 is 17.8 Å². The van der Waals surface area contributed by atoms with E-state index in [0.29, 0.717) is 11.5 Å². The van der Waals surface area contributed by atoms with Crippen molar-refractivity contribution in [3.63, 3.8) is 0 Å². The number of halogens is 1. The quantitative estimate of drug-likeness (QED) is 0.717. The van der Waals surface area contributed by atoms with Crippen LogP contribution in [0, 0.1) is 18.7 Å². The van der Waals surface area contributed by atoms with E-state index in [1.165, 1.54) is 36.3 Å². The molecule has 2 aromatic rings. The Hall–Kier alpha value is -3.16. The molecule has 0 aliphatic rings. The monoisotopic (exact) mass is 404 g/mol. The van der Waals surface area contributed by atoms with Crippen LogP contribution in [0.3, 0.4) is 0 Å². The van der Waals surface area contributed by atoms with E-state index in [2.05, 4.69) is 5.32 Å². The second-order valence-electron chi connectivity index (χ2n) is 7.04. The lowest BCUT2D eigenvalue weighted by atomic mass is 10.0. The van der Waals surface area contributed by atoms with Gasteiger partial charge in [-0.3, -0.25) is 9.59 Å². The molecule has 156 valence electrons. The Morgan fingerprint density at radius 2 is 1.86 bits per heavy atom. The summed E-state index contributed by atoms with van der Waals surface area (Å²) in [5.41, 5.74) is 0.162. The van der Waals surface area contributed by atoms with Crippen molar-refractivity contribution in [1.82, 2.24) is 10.2 Å². The number of ether oxygens (including phenoxy) is 1. The molecule has 2 amide bonds. The van der Waals surface area contributed by atoms with Crippen molar-refractivity contribution in [3.05, 3.63) is 58.8 Å². The topological polar surface area (TPSA) is 88.9 Å². The smallest absolute Gasteiger partial charge is 0.341 e. The summed E-state index contributed by atoms with van der Waals surface area (Å²) in [5.74, 6) is -1.64. The number of furan rings is 1. The molecule has 8 heteroatoms. The number of nitrogens with zero attached hydrogens (tertiary/aromatic N) is 1. The van der Waals surface area contributed by atoms with Crippen molar-refractivity contribution in [2.45, 2.75) is 33.4 Å². The average Bonchev–Trinajstić information content (AvgIpc) is 3.04. The molecule has 0 unspecified atom stereocenters. The van der Waals surface area contributed by atoms with Gasteiger partial charge < -0.3 is 19.4 Å². The summed E-state index contributed by atoms with van der Waals surface area (Å²) in [6.45, 7) is 5.29. The fourth-order valence-electron chi connectivity index (χ4n) is 2.86. The first kappa shape index (κ1) is 22.1. The summed E-state index contributed by atoms with van der Waals surface area (Å²) in [6, 6.07) is 6.24. The summed E-state index contributed by atoms with van der Waals surface area (Å²) < 4.78 is 24.1. The molecule has 1 aromatic heterocycles. The van der Waals surface area contributed by atoms with Gasteiger partial charge >= 0.3 is 5.97 Å². The maximum absolute atomic E-state index is 13.9. The molecule has 1 aromatic carbocycles. The van der Waals surface area contributed by atoms with Gasteiger partial charge in [0, 0.05) is 7.05 Å². The Bertz CT molecular complexity index is 906. The predicted molar refractivity (Wildman–Crippen MR) is 104 cm³/mol. The van der Waals surface area contributed by atoms with Gasteiger partial charge in [0.15, 0.2) is 0 Å². The molecule has 2 rings (SSSR count). The average molecular weight is 404 g/mol. The van der Waals surface area contributed by atoms with Crippen LogP contribution in [0.4, 0.5) is 4.39 Å². The SMILES string of the molecule is COC(=O)c1cc(CN(C)C(=O)[C@@H](NC(=O)c2ccccc2F)C(C)C)oc1C. The zero-order chi connectivity index (χ0) is 21.7. The first-order chi connectivity index (χ1) is 13.6. The number of aryl methyl sites for hydroxylation is 1. The number of rotatable bonds is 7. The molecule has 0 saturated carbocycles. The van der Waals surface area contributed by atoms with E-state index in [4.69, 9.17) is 9.15 Å².